The van der Waals surface area contributed by atoms with Crippen LogP contribution in [0.15, 0.2) is 54.6 Å². The predicted octanol–water partition coefficient (Wildman–Crippen LogP) is 2.50. The second kappa shape index (κ2) is 9.46. The van der Waals surface area contributed by atoms with Gasteiger partial charge in [0.2, 0.25) is 5.91 Å². The molecule has 0 saturated carbocycles. The number of hydrogen-bond donors (Lipinski definition) is 1. The Balaban J connectivity index is 1.78. The highest BCUT2D eigenvalue weighted by atomic mass is 19.1. The Hall–Kier alpha value is -2.73. The first-order valence-electron chi connectivity index (χ1n) is 9.63. The van der Waals surface area contributed by atoms with Crippen LogP contribution >= 0.6 is 0 Å². The largest absolute Gasteiger partial charge is 0.339 e. The summed E-state index contributed by atoms with van der Waals surface area (Å²) in [4.78, 5) is 29.1. The highest BCUT2D eigenvalue weighted by Gasteiger charge is 2.25. The maximum absolute atomic E-state index is 13.6. The third kappa shape index (κ3) is 5.16. The van der Waals surface area contributed by atoms with E-state index in [0.717, 1.165) is 18.7 Å². The minimum Gasteiger partial charge on any atom is -0.339 e. The zero-order valence-electron chi connectivity index (χ0n) is 16.1. The van der Waals surface area contributed by atoms with Gasteiger partial charge in [-0.15, -0.1) is 0 Å². The Bertz CT molecular complexity index is 806. The molecular weight excluding hydrogens is 357 g/mol. The van der Waals surface area contributed by atoms with Crippen LogP contribution in [0.2, 0.25) is 0 Å². The van der Waals surface area contributed by atoms with Gasteiger partial charge in [-0.1, -0.05) is 43.3 Å². The molecule has 2 aromatic carbocycles. The topological polar surface area (TPSA) is 52.7 Å². The fourth-order valence-electron chi connectivity index (χ4n) is 3.42. The molecule has 1 saturated heterocycles. The standard InChI is InChI=1S/C22H26FN3O2/c1-17(18-6-3-2-4-7-18)15-26(16-21(27)25-12-10-24-11-13-25)22(28)19-8-5-9-20(23)14-19/h2-9,14,17,24H,10-13,15-16H2,1H3/t17-/m0/s1. The van der Waals surface area contributed by atoms with Crippen LogP contribution in [0, 0.1) is 5.82 Å². The average Bonchev–Trinajstić information content (AvgIpc) is 2.74. The van der Waals surface area contributed by atoms with Crippen molar-refractivity contribution in [3.63, 3.8) is 0 Å². The minimum atomic E-state index is -0.463. The number of halogens is 1. The first-order chi connectivity index (χ1) is 13.5. The van der Waals surface area contributed by atoms with Crippen molar-refractivity contribution in [3.8, 4) is 0 Å². The normalized spacial score (nSPS) is 15.1. The maximum atomic E-state index is 13.6. The van der Waals surface area contributed by atoms with Crippen LogP contribution in [0.5, 0.6) is 0 Å². The van der Waals surface area contributed by atoms with Gasteiger partial charge < -0.3 is 15.1 Å². The maximum Gasteiger partial charge on any atom is 0.254 e. The van der Waals surface area contributed by atoms with Crippen LogP contribution in [0.3, 0.4) is 0 Å². The summed E-state index contributed by atoms with van der Waals surface area (Å²) in [6, 6.07) is 15.5. The van der Waals surface area contributed by atoms with E-state index >= 15 is 0 Å². The molecule has 1 N–H and O–H groups in total. The zero-order valence-corrected chi connectivity index (χ0v) is 16.1. The minimum absolute atomic E-state index is 0.00742. The number of rotatable bonds is 6. The number of nitrogens with zero attached hydrogens (tertiary/aromatic N) is 2. The molecule has 5 nitrogen and oxygen atoms in total. The van der Waals surface area contributed by atoms with Gasteiger partial charge in [0.15, 0.2) is 0 Å². The second-order valence-corrected chi connectivity index (χ2v) is 7.14. The highest BCUT2D eigenvalue weighted by Crippen LogP contribution is 2.18. The van der Waals surface area contributed by atoms with Crippen molar-refractivity contribution in [2.75, 3.05) is 39.3 Å². The molecule has 0 aliphatic carbocycles. The molecule has 0 spiro atoms. The van der Waals surface area contributed by atoms with Gasteiger partial charge in [0, 0.05) is 38.3 Å². The molecule has 0 bridgehead atoms. The molecule has 0 radical (unpaired) electrons. The van der Waals surface area contributed by atoms with E-state index in [9.17, 15) is 14.0 Å². The third-order valence-electron chi connectivity index (χ3n) is 5.02. The Morgan fingerprint density at radius 1 is 1.11 bits per heavy atom. The molecule has 28 heavy (non-hydrogen) atoms. The van der Waals surface area contributed by atoms with Crippen molar-refractivity contribution in [2.45, 2.75) is 12.8 Å². The van der Waals surface area contributed by atoms with E-state index in [4.69, 9.17) is 0 Å². The molecule has 3 rings (SSSR count). The first kappa shape index (κ1) is 20.0. The molecule has 2 aromatic rings. The molecule has 148 valence electrons. The summed E-state index contributed by atoms with van der Waals surface area (Å²) in [6.07, 6.45) is 0. The molecule has 2 amide bonds. The van der Waals surface area contributed by atoms with Gasteiger partial charge >= 0.3 is 0 Å². The summed E-state index contributed by atoms with van der Waals surface area (Å²) < 4.78 is 13.6. The van der Waals surface area contributed by atoms with Crippen LogP contribution in [0.1, 0.15) is 28.8 Å². The van der Waals surface area contributed by atoms with Crippen molar-refractivity contribution in [1.82, 2.24) is 15.1 Å². The van der Waals surface area contributed by atoms with Crippen LogP contribution < -0.4 is 5.32 Å². The van der Waals surface area contributed by atoms with Crippen molar-refractivity contribution < 1.29 is 14.0 Å². The lowest BCUT2D eigenvalue weighted by Crippen LogP contribution is -2.50. The Morgan fingerprint density at radius 2 is 1.82 bits per heavy atom. The lowest BCUT2D eigenvalue weighted by molar-refractivity contribution is -0.132. The van der Waals surface area contributed by atoms with Gasteiger partial charge in [-0.3, -0.25) is 9.59 Å². The predicted molar refractivity (Wildman–Crippen MR) is 107 cm³/mol. The van der Waals surface area contributed by atoms with E-state index in [1.165, 1.54) is 23.1 Å². The monoisotopic (exact) mass is 383 g/mol. The number of carbonyl (C=O) groups excluding carboxylic acids is 2. The van der Waals surface area contributed by atoms with Gasteiger partial charge in [-0.25, -0.2) is 4.39 Å². The number of amides is 2. The van der Waals surface area contributed by atoms with Crippen molar-refractivity contribution in [3.05, 3.63) is 71.5 Å². The lowest BCUT2D eigenvalue weighted by Gasteiger charge is -2.31. The summed E-state index contributed by atoms with van der Waals surface area (Å²) in [6.45, 7) is 5.18. The van der Waals surface area contributed by atoms with E-state index in [2.05, 4.69) is 5.32 Å². The Morgan fingerprint density at radius 3 is 2.50 bits per heavy atom. The summed E-state index contributed by atoms with van der Waals surface area (Å²) in [5, 5.41) is 3.22. The van der Waals surface area contributed by atoms with Gasteiger partial charge in [0.05, 0.1) is 0 Å². The number of piperazine rings is 1. The SMILES string of the molecule is C[C@@H](CN(CC(=O)N1CCNCC1)C(=O)c1cccc(F)c1)c1ccccc1. The number of nitrogens with one attached hydrogen (secondary N) is 1. The van der Waals surface area contributed by atoms with E-state index in [-0.39, 0.29) is 29.8 Å². The van der Waals surface area contributed by atoms with Gasteiger partial charge in [0.25, 0.3) is 5.91 Å². The van der Waals surface area contributed by atoms with Gasteiger partial charge in [-0.2, -0.15) is 0 Å². The zero-order chi connectivity index (χ0) is 19.9. The van der Waals surface area contributed by atoms with Crippen molar-refractivity contribution in [1.29, 1.82) is 0 Å². The summed E-state index contributed by atoms with van der Waals surface area (Å²) in [5.74, 6) is -0.817. The molecule has 1 atom stereocenters. The highest BCUT2D eigenvalue weighted by molar-refractivity contribution is 5.96. The molecular formula is C22H26FN3O2. The molecule has 0 aromatic heterocycles. The lowest BCUT2D eigenvalue weighted by atomic mass is 10.0. The van der Waals surface area contributed by atoms with Gasteiger partial charge in [-0.05, 0) is 29.7 Å². The molecule has 1 aliphatic heterocycles. The van der Waals surface area contributed by atoms with E-state index in [1.54, 1.807) is 11.0 Å². The van der Waals surface area contributed by atoms with Crippen molar-refractivity contribution >= 4 is 11.8 Å². The van der Waals surface area contributed by atoms with E-state index in [0.29, 0.717) is 19.6 Å². The average molecular weight is 383 g/mol. The van der Waals surface area contributed by atoms with Crippen molar-refractivity contribution in [2.24, 2.45) is 0 Å². The van der Waals surface area contributed by atoms with E-state index in [1.807, 2.05) is 37.3 Å². The quantitative estimate of drug-likeness (QED) is 0.834. The van der Waals surface area contributed by atoms with Crippen LogP contribution in [0.25, 0.3) is 0 Å². The number of hydrogen-bond acceptors (Lipinski definition) is 3. The van der Waals surface area contributed by atoms with E-state index < -0.39 is 5.82 Å². The number of benzene rings is 2. The summed E-state index contributed by atoms with van der Waals surface area (Å²) in [7, 11) is 0. The van der Waals surface area contributed by atoms with Gasteiger partial charge in [0.1, 0.15) is 12.4 Å². The fraction of sp³-hybridized carbons (Fsp3) is 0.364. The molecule has 6 heteroatoms. The third-order valence-corrected chi connectivity index (χ3v) is 5.02. The first-order valence-corrected chi connectivity index (χ1v) is 9.63. The van der Waals surface area contributed by atoms with Crippen LogP contribution in [0.4, 0.5) is 4.39 Å². The molecule has 1 fully saturated rings. The molecule has 1 aliphatic rings. The smallest absolute Gasteiger partial charge is 0.254 e. The van der Waals surface area contributed by atoms with Crippen LogP contribution in [-0.4, -0.2) is 60.9 Å². The summed E-state index contributed by atoms with van der Waals surface area (Å²) >= 11 is 0. The fourth-order valence-corrected chi connectivity index (χ4v) is 3.42. The Labute approximate surface area is 165 Å². The van der Waals surface area contributed by atoms with Crippen LogP contribution in [-0.2, 0) is 4.79 Å². The molecule has 0 unspecified atom stereocenters. The Kier molecular flexibility index (Phi) is 6.76. The second-order valence-electron chi connectivity index (χ2n) is 7.14. The summed E-state index contributed by atoms with van der Waals surface area (Å²) in [5.41, 5.74) is 1.35. The number of carbonyl (C=O) groups is 2. The molecule has 1 heterocycles.